The van der Waals surface area contributed by atoms with Gasteiger partial charge in [0.25, 0.3) is 0 Å². The molecule has 0 aliphatic rings. The van der Waals surface area contributed by atoms with Crippen molar-refractivity contribution in [2.45, 2.75) is 27.3 Å². The number of methoxy groups -OCH3 is 1. The van der Waals surface area contributed by atoms with E-state index in [2.05, 4.69) is 46.6 Å². The zero-order chi connectivity index (χ0) is 18.5. The van der Waals surface area contributed by atoms with Gasteiger partial charge in [0.05, 0.1) is 7.11 Å². The SMILES string of the molecule is COc1ccccc1CNc1cc(Nc2cccc(C)c2C)nc(C)n1. The van der Waals surface area contributed by atoms with Crippen molar-refractivity contribution in [1.29, 1.82) is 0 Å². The third-order valence-electron chi connectivity index (χ3n) is 4.36. The van der Waals surface area contributed by atoms with Crippen molar-refractivity contribution in [3.8, 4) is 5.75 Å². The van der Waals surface area contributed by atoms with Crippen LogP contribution in [0.2, 0.25) is 0 Å². The lowest BCUT2D eigenvalue weighted by Gasteiger charge is -2.13. The summed E-state index contributed by atoms with van der Waals surface area (Å²) in [6.45, 7) is 6.73. The lowest BCUT2D eigenvalue weighted by molar-refractivity contribution is 0.410. The van der Waals surface area contributed by atoms with E-state index in [0.717, 1.165) is 28.6 Å². The molecule has 0 spiro atoms. The van der Waals surface area contributed by atoms with Gasteiger partial charge in [0.2, 0.25) is 0 Å². The second-order valence-corrected chi connectivity index (χ2v) is 6.22. The Morgan fingerprint density at radius 2 is 1.69 bits per heavy atom. The molecule has 134 valence electrons. The molecule has 0 radical (unpaired) electrons. The normalized spacial score (nSPS) is 10.5. The summed E-state index contributed by atoms with van der Waals surface area (Å²) >= 11 is 0. The van der Waals surface area contributed by atoms with Gasteiger partial charge in [0.1, 0.15) is 23.2 Å². The fourth-order valence-corrected chi connectivity index (χ4v) is 2.78. The Morgan fingerprint density at radius 3 is 2.50 bits per heavy atom. The van der Waals surface area contributed by atoms with Gasteiger partial charge in [-0.2, -0.15) is 0 Å². The molecule has 0 unspecified atom stereocenters. The lowest BCUT2D eigenvalue weighted by atomic mass is 10.1. The van der Waals surface area contributed by atoms with Gasteiger partial charge in [0, 0.05) is 23.9 Å². The van der Waals surface area contributed by atoms with E-state index in [-0.39, 0.29) is 0 Å². The molecule has 2 N–H and O–H groups in total. The molecule has 2 aromatic carbocycles. The van der Waals surface area contributed by atoms with Crippen molar-refractivity contribution >= 4 is 17.3 Å². The number of aryl methyl sites for hydroxylation is 2. The summed E-state index contributed by atoms with van der Waals surface area (Å²) < 4.78 is 5.40. The summed E-state index contributed by atoms with van der Waals surface area (Å²) in [5.74, 6) is 3.12. The second kappa shape index (κ2) is 7.87. The average Bonchev–Trinajstić information content (AvgIpc) is 2.63. The molecule has 0 saturated heterocycles. The number of nitrogens with zero attached hydrogens (tertiary/aromatic N) is 2. The Balaban J connectivity index is 1.78. The highest BCUT2D eigenvalue weighted by atomic mass is 16.5. The first kappa shape index (κ1) is 17.7. The van der Waals surface area contributed by atoms with Crippen LogP contribution >= 0.6 is 0 Å². The average molecular weight is 348 g/mol. The highest BCUT2D eigenvalue weighted by Crippen LogP contribution is 2.24. The van der Waals surface area contributed by atoms with E-state index in [1.54, 1.807) is 7.11 Å². The summed E-state index contributed by atoms with van der Waals surface area (Å²) in [7, 11) is 1.68. The molecule has 0 aliphatic heterocycles. The molecule has 0 fully saturated rings. The first-order chi connectivity index (χ1) is 12.6. The first-order valence-electron chi connectivity index (χ1n) is 8.61. The van der Waals surface area contributed by atoms with Crippen molar-refractivity contribution in [1.82, 2.24) is 9.97 Å². The minimum atomic E-state index is 0.628. The monoisotopic (exact) mass is 348 g/mol. The third kappa shape index (κ3) is 4.11. The maximum atomic E-state index is 5.40. The van der Waals surface area contributed by atoms with Crippen molar-refractivity contribution < 1.29 is 4.74 Å². The van der Waals surface area contributed by atoms with Crippen LogP contribution < -0.4 is 15.4 Å². The minimum absolute atomic E-state index is 0.628. The molecule has 26 heavy (non-hydrogen) atoms. The molecule has 0 bridgehead atoms. The van der Waals surface area contributed by atoms with Crippen LogP contribution in [0.1, 0.15) is 22.5 Å². The number of benzene rings is 2. The van der Waals surface area contributed by atoms with Gasteiger partial charge in [0.15, 0.2) is 0 Å². The smallest absolute Gasteiger partial charge is 0.136 e. The van der Waals surface area contributed by atoms with Gasteiger partial charge in [-0.05, 0) is 44.0 Å². The summed E-state index contributed by atoms with van der Waals surface area (Å²) in [4.78, 5) is 8.98. The molecule has 5 nitrogen and oxygen atoms in total. The Hall–Kier alpha value is -3.08. The maximum absolute atomic E-state index is 5.40. The van der Waals surface area contributed by atoms with E-state index >= 15 is 0 Å². The minimum Gasteiger partial charge on any atom is -0.496 e. The van der Waals surface area contributed by atoms with E-state index in [9.17, 15) is 0 Å². The zero-order valence-corrected chi connectivity index (χ0v) is 15.6. The van der Waals surface area contributed by atoms with Crippen LogP contribution in [0.5, 0.6) is 5.75 Å². The summed E-state index contributed by atoms with van der Waals surface area (Å²) in [6.07, 6.45) is 0. The molecule has 0 atom stereocenters. The van der Waals surface area contributed by atoms with E-state index in [1.165, 1.54) is 11.1 Å². The zero-order valence-electron chi connectivity index (χ0n) is 15.6. The van der Waals surface area contributed by atoms with Crippen LogP contribution in [-0.4, -0.2) is 17.1 Å². The van der Waals surface area contributed by atoms with Crippen molar-refractivity contribution in [3.05, 3.63) is 71.0 Å². The third-order valence-corrected chi connectivity index (χ3v) is 4.36. The number of nitrogens with one attached hydrogen (secondary N) is 2. The molecular weight excluding hydrogens is 324 g/mol. The number of para-hydroxylation sites is 1. The van der Waals surface area contributed by atoms with Gasteiger partial charge in [-0.3, -0.25) is 0 Å². The standard InChI is InChI=1S/C21H24N4O/c1-14-8-7-10-18(15(14)2)25-21-12-20(23-16(3)24-21)22-13-17-9-5-6-11-19(17)26-4/h5-12H,13H2,1-4H3,(H2,22,23,24,25). The Labute approximate surface area is 154 Å². The van der Waals surface area contributed by atoms with Crippen LogP contribution in [0.25, 0.3) is 0 Å². The highest BCUT2D eigenvalue weighted by molar-refractivity contribution is 5.63. The van der Waals surface area contributed by atoms with Crippen LogP contribution in [0.4, 0.5) is 17.3 Å². The molecular formula is C21H24N4O. The van der Waals surface area contributed by atoms with Crippen LogP contribution in [0.3, 0.4) is 0 Å². The molecule has 0 aliphatic carbocycles. The van der Waals surface area contributed by atoms with Crippen molar-refractivity contribution in [3.63, 3.8) is 0 Å². The Morgan fingerprint density at radius 1 is 0.923 bits per heavy atom. The summed E-state index contributed by atoms with van der Waals surface area (Å²) in [5.41, 5.74) is 4.59. The predicted molar refractivity (Wildman–Crippen MR) is 106 cm³/mol. The molecule has 3 aromatic rings. The van der Waals surface area contributed by atoms with Gasteiger partial charge < -0.3 is 15.4 Å². The molecule has 1 heterocycles. The van der Waals surface area contributed by atoms with E-state index in [0.29, 0.717) is 12.4 Å². The predicted octanol–water partition coefficient (Wildman–Crippen LogP) is 4.77. The summed E-state index contributed by atoms with van der Waals surface area (Å²) in [6, 6.07) is 16.1. The van der Waals surface area contributed by atoms with E-state index in [4.69, 9.17) is 4.74 Å². The molecule has 0 amide bonds. The number of ether oxygens (including phenoxy) is 1. The fraction of sp³-hybridized carbons (Fsp3) is 0.238. The van der Waals surface area contributed by atoms with Gasteiger partial charge in [-0.1, -0.05) is 30.3 Å². The molecule has 0 saturated carbocycles. The number of aromatic nitrogens is 2. The largest absolute Gasteiger partial charge is 0.496 e. The molecule has 3 rings (SSSR count). The number of hydrogen-bond acceptors (Lipinski definition) is 5. The van der Waals surface area contributed by atoms with Crippen LogP contribution in [0, 0.1) is 20.8 Å². The summed E-state index contributed by atoms with van der Waals surface area (Å²) in [5, 5.41) is 6.76. The van der Waals surface area contributed by atoms with Crippen molar-refractivity contribution in [2.24, 2.45) is 0 Å². The first-order valence-corrected chi connectivity index (χ1v) is 8.61. The van der Waals surface area contributed by atoms with Gasteiger partial charge >= 0.3 is 0 Å². The maximum Gasteiger partial charge on any atom is 0.136 e. The highest BCUT2D eigenvalue weighted by Gasteiger charge is 2.07. The lowest BCUT2D eigenvalue weighted by Crippen LogP contribution is -2.06. The van der Waals surface area contributed by atoms with Crippen LogP contribution in [0.15, 0.2) is 48.5 Å². The number of hydrogen-bond donors (Lipinski definition) is 2. The Kier molecular flexibility index (Phi) is 5.37. The Bertz CT molecular complexity index is 908. The van der Waals surface area contributed by atoms with E-state index in [1.807, 2.05) is 43.3 Å². The number of anilines is 3. The van der Waals surface area contributed by atoms with E-state index < -0.39 is 0 Å². The molecule has 5 heteroatoms. The second-order valence-electron chi connectivity index (χ2n) is 6.22. The fourth-order valence-electron chi connectivity index (χ4n) is 2.78. The number of rotatable bonds is 6. The van der Waals surface area contributed by atoms with Crippen LogP contribution in [-0.2, 0) is 6.54 Å². The van der Waals surface area contributed by atoms with Gasteiger partial charge in [-0.25, -0.2) is 9.97 Å². The van der Waals surface area contributed by atoms with Gasteiger partial charge in [-0.15, -0.1) is 0 Å². The molecule has 1 aromatic heterocycles. The van der Waals surface area contributed by atoms with Crippen molar-refractivity contribution in [2.75, 3.05) is 17.7 Å². The topological polar surface area (TPSA) is 59.1 Å². The quantitative estimate of drug-likeness (QED) is 0.672.